The van der Waals surface area contributed by atoms with Crippen molar-refractivity contribution in [1.82, 2.24) is 9.13 Å². The summed E-state index contributed by atoms with van der Waals surface area (Å²) in [5.41, 5.74) is 17.7. The molecule has 0 amide bonds. The summed E-state index contributed by atoms with van der Waals surface area (Å²) in [7, 11) is 0. The number of fused-ring (bicyclic) bond motifs is 10. The summed E-state index contributed by atoms with van der Waals surface area (Å²) in [5.74, 6) is 0. The highest BCUT2D eigenvalue weighted by Crippen LogP contribution is 2.50. The van der Waals surface area contributed by atoms with E-state index in [1.807, 2.05) is 78.9 Å². The fourth-order valence-corrected chi connectivity index (χ4v) is 13.3. The van der Waals surface area contributed by atoms with Crippen molar-refractivity contribution in [2.75, 3.05) is 9.80 Å². The van der Waals surface area contributed by atoms with Gasteiger partial charge in [-0.05, 0) is 152 Å². The summed E-state index contributed by atoms with van der Waals surface area (Å²) in [6.07, 6.45) is 0. The molecule has 0 unspecified atom stereocenters. The molecule has 84 heavy (non-hydrogen) atoms. The Labute approximate surface area is 502 Å². The molecule has 0 bridgehead atoms. The van der Waals surface area contributed by atoms with Gasteiger partial charge in [-0.1, -0.05) is 193 Å². The Morgan fingerprint density at radius 1 is 0.405 bits per heavy atom. The maximum Gasteiger partial charge on any atom is 0.252 e. The zero-order valence-corrected chi connectivity index (χ0v) is 47.9. The van der Waals surface area contributed by atoms with Gasteiger partial charge in [-0.25, -0.2) is 0 Å². The van der Waals surface area contributed by atoms with Crippen molar-refractivity contribution in [1.29, 1.82) is 10.5 Å². The van der Waals surface area contributed by atoms with Crippen LogP contribution < -0.4 is 26.2 Å². The van der Waals surface area contributed by atoms with Gasteiger partial charge in [0.25, 0.3) is 6.71 Å². The van der Waals surface area contributed by atoms with E-state index in [9.17, 15) is 13.3 Å². The van der Waals surface area contributed by atoms with E-state index in [0.717, 1.165) is 105 Å². The molecule has 8 heteroatoms. The lowest BCUT2D eigenvalue weighted by Crippen LogP contribution is -2.61. The molecule has 400 valence electrons. The predicted molar refractivity (Wildman–Crippen MR) is 352 cm³/mol. The Hall–Kier alpha value is -10.0. The lowest BCUT2D eigenvalue weighted by Gasteiger charge is -2.45. The van der Waals surface area contributed by atoms with Crippen LogP contribution in [0.3, 0.4) is 0 Å². The highest BCUT2D eigenvalue weighted by molar-refractivity contribution is 7.00. The number of aromatic nitrogens is 2. The smallest absolute Gasteiger partial charge is 0.252 e. The van der Waals surface area contributed by atoms with E-state index in [0.29, 0.717) is 44.5 Å². The first-order valence-corrected chi connectivity index (χ1v) is 28.7. The summed E-state index contributed by atoms with van der Waals surface area (Å²) in [5, 5.41) is 27.5. The maximum absolute atomic E-state index is 11.5. The van der Waals surface area contributed by atoms with Crippen LogP contribution in [0.25, 0.3) is 77.2 Å². The maximum atomic E-state index is 11.5. The van der Waals surface area contributed by atoms with E-state index < -0.39 is 24.8 Å². The Morgan fingerprint density at radius 2 is 0.869 bits per heavy atom. The van der Waals surface area contributed by atoms with Crippen LogP contribution in [0.5, 0.6) is 0 Å². The number of hydrogen-bond acceptors (Lipinski definition) is 4. The lowest BCUT2D eigenvalue weighted by atomic mass is 9.33. The third-order valence-electron chi connectivity index (χ3n) is 17.2. The van der Waals surface area contributed by atoms with Gasteiger partial charge in [-0.2, -0.15) is 10.5 Å². The highest BCUT2D eigenvalue weighted by atomic mass is 35.5. The van der Waals surface area contributed by atoms with Gasteiger partial charge < -0.3 is 18.9 Å². The molecule has 0 spiro atoms. The standard InChI is InChI=1S/C76H56BClN6/c1-75(2,3)53-36-51(37-54(41-53)76(4,5)6)52-39-72-74-73(40-52)84(69-43-56(32-28-50(69)46-80)81-64-24-14-10-20-58(64)59-21-11-15-25-65(59)81)71-42-55(78)31-35-63(71)77(74)62-34-30-48(47-18-8-7-9-19-47)38-70(62)82(72)57-33-29-49(45-79)68(44-57)83-66-26-16-12-22-60(66)61-23-13-17-27-67(61)83/h7-44H,1-6H3/i7D,8D,9D,18D,19D. The molecule has 0 radical (unpaired) electrons. The number of rotatable bonds is 6. The average Bonchev–Trinajstić information content (AvgIpc) is 1.46. The van der Waals surface area contributed by atoms with Crippen LogP contribution in [-0.2, 0) is 10.8 Å². The minimum Gasteiger partial charge on any atom is -0.311 e. The van der Waals surface area contributed by atoms with Crippen molar-refractivity contribution >= 4 is 112 Å². The van der Waals surface area contributed by atoms with E-state index in [1.165, 1.54) is 0 Å². The third kappa shape index (κ3) is 7.91. The molecular formula is C76H56BClN6. The van der Waals surface area contributed by atoms with E-state index in [4.69, 9.17) is 15.7 Å². The van der Waals surface area contributed by atoms with Crippen LogP contribution in [0.4, 0.5) is 34.1 Å². The molecule has 2 aliphatic rings. The van der Waals surface area contributed by atoms with Crippen molar-refractivity contribution in [3.05, 3.63) is 258 Å². The number of benzene rings is 11. The molecule has 0 atom stereocenters. The first kappa shape index (κ1) is 45.6. The molecule has 0 saturated carbocycles. The molecule has 0 saturated heterocycles. The summed E-state index contributed by atoms with van der Waals surface area (Å²) in [4.78, 5) is 4.45. The van der Waals surface area contributed by atoms with Crippen molar-refractivity contribution < 1.29 is 6.85 Å². The van der Waals surface area contributed by atoms with Crippen LogP contribution in [0.1, 0.15) is 70.7 Å². The quantitative estimate of drug-likeness (QED) is 0.156. The Morgan fingerprint density at radius 3 is 1.43 bits per heavy atom. The number of nitriles is 2. The zero-order chi connectivity index (χ0) is 61.7. The van der Waals surface area contributed by atoms with Gasteiger partial charge in [0, 0.05) is 60.7 Å². The second-order valence-corrected chi connectivity index (χ2v) is 24.6. The van der Waals surface area contributed by atoms with Gasteiger partial charge in [0.15, 0.2) is 0 Å². The number of hydrogen-bond donors (Lipinski definition) is 0. The Bertz CT molecular complexity index is 5160. The van der Waals surface area contributed by atoms with Crippen LogP contribution in [0, 0.1) is 22.7 Å². The number of nitrogens with zero attached hydrogens (tertiary/aromatic N) is 6. The van der Waals surface area contributed by atoms with E-state index in [2.05, 4.69) is 194 Å². The van der Waals surface area contributed by atoms with E-state index in [-0.39, 0.29) is 28.5 Å². The first-order valence-electron chi connectivity index (χ1n) is 30.8. The average molecular weight is 1100 g/mol. The molecule has 15 rings (SSSR count). The summed E-state index contributed by atoms with van der Waals surface area (Å²) < 4.78 is 49.4. The number of anilines is 6. The summed E-state index contributed by atoms with van der Waals surface area (Å²) >= 11 is 7.26. The minimum absolute atomic E-state index is 0.0765. The minimum atomic E-state index is -0.481. The van der Waals surface area contributed by atoms with Crippen molar-refractivity contribution in [3.63, 3.8) is 0 Å². The van der Waals surface area contributed by atoms with Crippen LogP contribution >= 0.6 is 11.6 Å². The molecule has 0 aliphatic carbocycles. The summed E-state index contributed by atoms with van der Waals surface area (Å²) in [6.45, 7) is 12.9. The molecule has 2 aromatic heterocycles. The van der Waals surface area contributed by atoms with Gasteiger partial charge in [0.1, 0.15) is 12.1 Å². The molecule has 0 N–H and O–H groups in total. The van der Waals surface area contributed by atoms with Gasteiger partial charge in [0.05, 0.1) is 51.4 Å². The Kier molecular flexibility index (Phi) is 10.3. The van der Waals surface area contributed by atoms with E-state index >= 15 is 0 Å². The number of halogens is 1. The fraction of sp³-hybridized carbons (Fsp3) is 0.105. The van der Waals surface area contributed by atoms with Gasteiger partial charge in [0.2, 0.25) is 0 Å². The van der Waals surface area contributed by atoms with Gasteiger partial charge >= 0.3 is 0 Å². The van der Waals surface area contributed by atoms with Crippen LogP contribution in [-0.4, -0.2) is 15.8 Å². The third-order valence-corrected chi connectivity index (χ3v) is 17.4. The molecule has 6 nitrogen and oxygen atoms in total. The summed E-state index contributed by atoms with van der Waals surface area (Å²) in [6, 6.07) is 71.7. The molecule has 4 heterocycles. The van der Waals surface area contributed by atoms with Crippen LogP contribution in [0.2, 0.25) is 5.02 Å². The van der Waals surface area contributed by atoms with E-state index in [1.54, 1.807) is 0 Å². The normalized spacial score (nSPS) is 13.7. The fourth-order valence-electron chi connectivity index (χ4n) is 13.1. The molecular weight excluding hydrogens is 1040 g/mol. The van der Waals surface area contributed by atoms with Crippen molar-refractivity contribution in [3.8, 4) is 45.8 Å². The highest BCUT2D eigenvalue weighted by Gasteiger charge is 2.45. The van der Waals surface area contributed by atoms with Crippen molar-refractivity contribution in [2.45, 2.75) is 52.4 Å². The lowest BCUT2D eigenvalue weighted by molar-refractivity contribution is 0.569. The Balaban J connectivity index is 1.09. The molecule has 2 aliphatic heterocycles. The van der Waals surface area contributed by atoms with Gasteiger partial charge in [-0.15, -0.1) is 0 Å². The van der Waals surface area contributed by atoms with Gasteiger partial charge in [-0.3, -0.25) is 0 Å². The van der Waals surface area contributed by atoms with Crippen molar-refractivity contribution in [2.24, 2.45) is 0 Å². The largest absolute Gasteiger partial charge is 0.311 e. The molecule has 13 aromatic rings. The topological polar surface area (TPSA) is 63.9 Å². The predicted octanol–water partition coefficient (Wildman–Crippen LogP) is 18.3. The SMILES string of the molecule is [2H]c1c([2H])c([2H])c(-c2ccc3c(c2)N(c2ccc(C#N)c(-n4c5ccccc5c5ccccc54)c2)c2cc(-c4cc(C(C)(C)C)cc(C(C)(C)C)c4)cc4c2B3c2ccc(Cl)cc2N4c2cc(-n3c4ccccc4c4ccccc43)ccc2C#N)c([2H])c1[2H]. The monoisotopic (exact) mass is 1100 g/mol. The number of para-hydroxylation sites is 4. The second kappa shape index (κ2) is 19.0. The first-order chi connectivity index (χ1) is 42.8. The molecule has 0 fully saturated rings. The molecule has 11 aromatic carbocycles. The van der Waals surface area contributed by atoms with Crippen LogP contribution in [0.15, 0.2) is 230 Å². The second-order valence-electron chi connectivity index (χ2n) is 24.2. The zero-order valence-electron chi connectivity index (χ0n) is 52.2.